The molecule has 0 aliphatic heterocycles. The smallest absolute Gasteiger partial charge is 0.143 e. The van der Waals surface area contributed by atoms with E-state index >= 15 is 0 Å². The molecule has 2 aromatic heterocycles. The maximum Gasteiger partial charge on any atom is 0.143 e. The van der Waals surface area contributed by atoms with Gasteiger partial charge in [0.25, 0.3) is 0 Å². The van der Waals surface area contributed by atoms with Gasteiger partial charge in [0.15, 0.2) is 0 Å². The molecule has 0 saturated heterocycles. The average Bonchev–Trinajstić information content (AvgIpc) is 2.76. The highest BCUT2D eigenvalue weighted by Gasteiger charge is 2.09. The van der Waals surface area contributed by atoms with E-state index < -0.39 is 0 Å². The van der Waals surface area contributed by atoms with E-state index in [1.165, 1.54) is 0 Å². The van der Waals surface area contributed by atoms with Gasteiger partial charge in [-0.1, -0.05) is 13.8 Å². The summed E-state index contributed by atoms with van der Waals surface area (Å²) in [5, 5.41) is 3.32. The lowest BCUT2D eigenvalue weighted by atomic mass is 10.3. The van der Waals surface area contributed by atoms with Gasteiger partial charge in [0.05, 0.1) is 5.69 Å². The van der Waals surface area contributed by atoms with Crippen LogP contribution in [0.15, 0.2) is 12.4 Å². The van der Waals surface area contributed by atoms with Crippen molar-refractivity contribution < 1.29 is 0 Å². The molecule has 0 atom stereocenters. The SMILES string of the molecule is CCCNc1cc(-n2cnc(C)c2C)nc(CC)n1. The summed E-state index contributed by atoms with van der Waals surface area (Å²) in [6.45, 7) is 9.18. The highest BCUT2D eigenvalue weighted by atomic mass is 15.1. The van der Waals surface area contributed by atoms with Crippen molar-refractivity contribution in [3.8, 4) is 5.82 Å². The second-order valence-electron chi connectivity index (χ2n) is 4.59. The van der Waals surface area contributed by atoms with Gasteiger partial charge in [0, 0.05) is 24.7 Å². The minimum absolute atomic E-state index is 0.821. The van der Waals surface area contributed by atoms with Gasteiger partial charge in [-0.05, 0) is 20.3 Å². The summed E-state index contributed by atoms with van der Waals surface area (Å²) in [7, 11) is 0. The summed E-state index contributed by atoms with van der Waals surface area (Å²) in [5.74, 6) is 2.61. The Balaban J connectivity index is 2.41. The molecule has 1 N–H and O–H groups in total. The molecule has 0 aromatic carbocycles. The van der Waals surface area contributed by atoms with E-state index in [1.807, 2.05) is 23.9 Å². The second kappa shape index (κ2) is 5.82. The lowest BCUT2D eigenvalue weighted by Crippen LogP contribution is -2.08. The molecule has 0 saturated carbocycles. The van der Waals surface area contributed by atoms with Gasteiger partial charge >= 0.3 is 0 Å². The molecule has 2 rings (SSSR count). The van der Waals surface area contributed by atoms with Crippen LogP contribution in [0.25, 0.3) is 5.82 Å². The predicted octanol–water partition coefficient (Wildman–Crippen LogP) is 2.66. The van der Waals surface area contributed by atoms with Crippen LogP contribution in [-0.4, -0.2) is 26.1 Å². The zero-order chi connectivity index (χ0) is 13.8. The zero-order valence-electron chi connectivity index (χ0n) is 12.1. The maximum atomic E-state index is 4.58. The zero-order valence-corrected chi connectivity index (χ0v) is 12.1. The van der Waals surface area contributed by atoms with Crippen LogP contribution < -0.4 is 5.32 Å². The Morgan fingerprint density at radius 3 is 2.58 bits per heavy atom. The summed E-state index contributed by atoms with van der Waals surface area (Å²) in [6.07, 6.45) is 3.71. The highest BCUT2D eigenvalue weighted by molar-refractivity contribution is 5.42. The second-order valence-corrected chi connectivity index (χ2v) is 4.59. The predicted molar refractivity (Wildman–Crippen MR) is 76.8 cm³/mol. The molecule has 5 heteroatoms. The topological polar surface area (TPSA) is 55.6 Å². The fraction of sp³-hybridized carbons (Fsp3) is 0.500. The van der Waals surface area contributed by atoms with Gasteiger partial charge in [-0.3, -0.25) is 4.57 Å². The monoisotopic (exact) mass is 259 g/mol. The van der Waals surface area contributed by atoms with E-state index in [0.717, 1.165) is 48.2 Å². The number of nitrogens with one attached hydrogen (secondary N) is 1. The molecular weight excluding hydrogens is 238 g/mol. The normalized spacial score (nSPS) is 10.7. The van der Waals surface area contributed by atoms with E-state index in [-0.39, 0.29) is 0 Å². The van der Waals surface area contributed by atoms with Crippen molar-refractivity contribution >= 4 is 5.82 Å². The number of imidazole rings is 1. The molecule has 0 bridgehead atoms. The molecule has 0 aliphatic rings. The first-order chi connectivity index (χ1) is 9.15. The van der Waals surface area contributed by atoms with Crippen LogP contribution in [0.1, 0.15) is 37.5 Å². The van der Waals surface area contributed by atoms with Crippen molar-refractivity contribution in [1.82, 2.24) is 19.5 Å². The molecule has 0 unspecified atom stereocenters. The Kier molecular flexibility index (Phi) is 4.14. The third-order valence-electron chi connectivity index (χ3n) is 3.13. The molecule has 5 nitrogen and oxygen atoms in total. The number of aryl methyl sites for hydroxylation is 2. The van der Waals surface area contributed by atoms with Crippen LogP contribution in [-0.2, 0) is 6.42 Å². The Bertz CT molecular complexity index is 559. The number of rotatable bonds is 5. The number of anilines is 1. The van der Waals surface area contributed by atoms with Gasteiger partial charge in [-0.25, -0.2) is 15.0 Å². The third kappa shape index (κ3) is 2.92. The standard InChI is InChI=1S/C14H21N5/c1-5-7-15-13-8-14(18-12(6-2)17-13)19-9-16-10(3)11(19)4/h8-9H,5-7H2,1-4H3,(H,15,17,18). The quantitative estimate of drug-likeness (QED) is 0.897. The van der Waals surface area contributed by atoms with E-state index in [2.05, 4.69) is 41.0 Å². The van der Waals surface area contributed by atoms with Crippen molar-refractivity contribution in [2.75, 3.05) is 11.9 Å². The van der Waals surface area contributed by atoms with Crippen molar-refractivity contribution in [1.29, 1.82) is 0 Å². The average molecular weight is 259 g/mol. The van der Waals surface area contributed by atoms with Crippen molar-refractivity contribution in [2.24, 2.45) is 0 Å². The van der Waals surface area contributed by atoms with Crippen molar-refractivity contribution in [2.45, 2.75) is 40.5 Å². The minimum atomic E-state index is 0.821. The number of hydrogen-bond donors (Lipinski definition) is 1. The summed E-state index contributed by atoms with van der Waals surface area (Å²) in [4.78, 5) is 13.4. The molecule has 102 valence electrons. The summed E-state index contributed by atoms with van der Waals surface area (Å²) >= 11 is 0. The van der Waals surface area contributed by atoms with E-state index in [4.69, 9.17) is 0 Å². The van der Waals surface area contributed by atoms with Gasteiger partial charge in [-0.2, -0.15) is 0 Å². The lowest BCUT2D eigenvalue weighted by molar-refractivity contribution is 0.866. The Morgan fingerprint density at radius 2 is 2.00 bits per heavy atom. The summed E-state index contributed by atoms with van der Waals surface area (Å²) < 4.78 is 2.01. The number of hydrogen-bond acceptors (Lipinski definition) is 4. The van der Waals surface area contributed by atoms with Gasteiger partial charge in [0.2, 0.25) is 0 Å². The Morgan fingerprint density at radius 1 is 1.21 bits per heavy atom. The lowest BCUT2D eigenvalue weighted by Gasteiger charge is -2.10. The van der Waals surface area contributed by atoms with E-state index in [1.54, 1.807) is 0 Å². The van der Waals surface area contributed by atoms with Crippen LogP contribution in [0.4, 0.5) is 5.82 Å². The van der Waals surface area contributed by atoms with Crippen LogP contribution in [0, 0.1) is 13.8 Å². The van der Waals surface area contributed by atoms with Gasteiger partial charge in [-0.15, -0.1) is 0 Å². The summed E-state index contributed by atoms with van der Waals surface area (Å²) in [5.41, 5.74) is 2.14. The van der Waals surface area contributed by atoms with Crippen LogP contribution >= 0.6 is 0 Å². The van der Waals surface area contributed by atoms with Gasteiger partial charge < -0.3 is 5.32 Å². The maximum absolute atomic E-state index is 4.58. The largest absolute Gasteiger partial charge is 0.370 e. The van der Waals surface area contributed by atoms with Gasteiger partial charge in [0.1, 0.15) is 23.8 Å². The first-order valence-electron chi connectivity index (χ1n) is 6.78. The first-order valence-corrected chi connectivity index (χ1v) is 6.78. The van der Waals surface area contributed by atoms with Crippen LogP contribution in [0.3, 0.4) is 0 Å². The first kappa shape index (κ1) is 13.5. The van der Waals surface area contributed by atoms with Crippen molar-refractivity contribution in [3.63, 3.8) is 0 Å². The molecule has 0 radical (unpaired) electrons. The molecule has 0 amide bonds. The number of aromatic nitrogens is 4. The van der Waals surface area contributed by atoms with E-state index in [0.29, 0.717) is 0 Å². The van der Waals surface area contributed by atoms with Crippen LogP contribution in [0.5, 0.6) is 0 Å². The van der Waals surface area contributed by atoms with Crippen LogP contribution in [0.2, 0.25) is 0 Å². The third-order valence-corrected chi connectivity index (χ3v) is 3.13. The minimum Gasteiger partial charge on any atom is -0.370 e. The fourth-order valence-electron chi connectivity index (χ4n) is 1.84. The van der Waals surface area contributed by atoms with E-state index in [9.17, 15) is 0 Å². The molecule has 2 heterocycles. The molecule has 0 spiro atoms. The Labute approximate surface area is 114 Å². The molecule has 19 heavy (non-hydrogen) atoms. The molecule has 0 fully saturated rings. The summed E-state index contributed by atoms with van der Waals surface area (Å²) in [6, 6.07) is 1.98. The molecular formula is C14H21N5. The van der Waals surface area contributed by atoms with Crippen molar-refractivity contribution in [3.05, 3.63) is 29.6 Å². The Hall–Kier alpha value is -1.91. The fourth-order valence-corrected chi connectivity index (χ4v) is 1.84. The number of nitrogens with zero attached hydrogens (tertiary/aromatic N) is 4. The molecule has 0 aliphatic carbocycles. The molecule has 2 aromatic rings. The highest BCUT2D eigenvalue weighted by Crippen LogP contribution is 2.15.